The summed E-state index contributed by atoms with van der Waals surface area (Å²) in [5, 5.41) is 6.82. The first-order valence-corrected chi connectivity index (χ1v) is 10.5. The van der Waals surface area contributed by atoms with Crippen molar-refractivity contribution < 1.29 is 0 Å². The number of anilines is 1. The van der Waals surface area contributed by atoms with E-state index < -0.39 is 0 Å². The van der Waals surface area contributed by atoms with Gasteiger partial charge in [-0.05, 0) is 43.5 Å². The molecule has 31 heavy (non-hydrogen) atoms. The predicted octanol–water partition coefficient (Wildman–Crippen LogP) is 5.10. The van der Waals surface area contributed by atoms with Crippen LogP contribution in [0.3, 0.4) is 0 Å². The number of para-hydroxylation sites is 1. The van der Waals surface area contributed by atoms with Gasteiger partial charge in [0.05, 0.1) is 28.3 Å². The van der Waals surface area contributed by atoms with Crippen molar-refractivity contribution in [2.24, 2.45) is 0 Å². The summed E-state index contributed by atoms with van der Waals surface area (Å²) in [7, 11) is 0. The second-order valence-corrected chi connectivity index (χ2v) is 7.81. The highest BCUT2D eigenvalue weighted by Crippen LogP contribution is 2.35. The van der Waals surface area contributed by atoms with Crippen LogP contribution < -0.4 is 5.73 Å². The number of aromatic nitrogens is 5. The normalized spacial score (nSPS) is 12.5. The van der Waals surface area contributed by atoms with Crippen molar-refractivity contribution in [3.05, 3.63) is 77.9 Å². The van der Waals surface area contributed by atoms with E-state index in [1.54, 1.807) is 0 Å². The van der Waals surface area contributed by atoms with Crippen LogP contribution in [0.1, 0.15) is 36.8 Å². The molecule has 0 spiro atoms. The third-order valence-electron chi connectivity index (χ3n) is 5.88. The zero-order valence-corrected chi connectivity index (χ0v) is 17.9. The van der Waals surface area contributed by atoms with Gasteiger partial charge < -0.3 is 5.73 Å². The summed E-state index contributed by atoms with van der Waals surface area (Å²) in [5.74, 6) is 0.464. The number of pyridine rings is 1. The molecule has 6 nitrogen and oxygen atoms in total. The molecule has 1 atom stereocenters. The summed E-state index contributed by atoms with van der Waals surface area (Å²) in [6, 6.07) is 18.7. The quantitative estimate of drug-likeness (QED) is 0.447. The Morgan fingerprint density at radius 3 is 2.58 bits per heavy atom. The first-order chi connectivity index (χ1) is 15.1. The lowest BCUT2D eigenvalue weighted by atomic mass is 9.95. The molecule has 5 aromatic rings. The van der Waals surface area contributed by atoms with E-state index in [1.165, 1.54) is 17.5 Å². The minimum Gasteiger partial charge on any atom is -0.383 e. The Bertz CT molecular complexity index is 1420. The van der Waals surface area contributed by atoms with E-state index in [0.29, 0.717) is 5.82 Å². The summed E-state index contributed by atoms with van der Waals surface area (Å²) in [6.45, 7) is 6.31. The Labute approximate surface area is 180 Å². The average molecular weight is 409 g/mol. The molecular weight excluding hydrogens is 384 g/mol. The highest BCUT2D eigenvalue weighted by Gasteiger charge is 2.23. The topological polar surface area (TPSA) is 82.5 Å². The first-order valence-electron chi connectivity index (χ1n) is 10.5. The summed E-state index contributed by atoms with van der Waals surface area (Å²) in [4.78, 5) is 13.8. The van der Waals surface area contributed by atoms with E-state index in [2.05, 4.69) is 67.1 Å². The molecule has 6 heteroatoms. The Morgan fingerprint density at radius 2 is 1.77 bits per heavy atom. The molecule has 5 rings (SSSR count). The van der Waals surface area contributed by atoms with Crippen LogP contribution in [0.4, 0.5) is 5.82 Å². The van der Waals surface area contributed by atoms with Crippen LogP contribution in [-0.2, 0) is 6.42 Å². The first kappa shape index (κ1) is 19.2. The van der Waals surface area contributed by atoms with Gasteiger partial charge in [-0.2, -0.15) is 5.10 Å². The van der Waals surface area contributed by atoms with Gasteiger partial charge in [0.25, 0.3) is 0 Å². The van der Waals surface area contributed by atoms with Crippen LogP contribution in [0, 0.1) is 6.92 Å². The molecule has 0 bridgehead atoms. The Morgan fingerprint density at radius 1 is 1.00 bits per heavy atom. The summed E-state index contributed by atoms with van der Waals surface area (Å²) in [5.41, 5.74) is 13.2. The van der Waals surface area contributed by atoms with Gasteiger partial charge in [0.1, 0.15) is 12.1 Å². The molecule has 0 aliphatic heterocycles. The van der Waals surface area contributed by atoms with Crippen LogP contribution in [0.2, 0.25) is 0 Å². The van der Waals surface area contributed by atoms with Crippen molar-refractivity contribution in [2.75, 3.05) is 5.73 Å². The molecule has 154 valence electrons. The van der Waals surface area contributed by atoms with Crippen LogP contribution >= 0.6 is 0 Å². The Kier molecular flexibility index (Phi) is 4.62. The standard InChI is InChI=1S/C25H24N6/c1-4-20-22-24(26)27-14-28-25(22)31(30-20)16(3)23-19(18-11-7-5-9-15(18)2)13-17-10-6-8-12-21(17)29-23/h5-14,16H,4H2,1-3H3,(H2,26,27,28). The molecule has 0 saturated carbocycles. The van der Waals surface area contributed by atoms with E-state index in [1.807, 2.05) is 22.9 Å². The maximum atomic E-state index is 6.18. The number of aryl methyl sites for hydroxylation is 2. The number of nitrogens with two attached hydrogens (primary N) is 1. The number of nitrogen functional groups attached to an aromatic ring is 1. The van der Waals surface area contributed by atoms with Gasteiger partial charge in [0, 0.05) is 10.9 Å². The maximum absolute atomic E-state index is 6.18. The minimum atomic E-state index is -0.142. The molecule has 0 aliphatic carbocycles. The van der Waals surface area contributed by atoms with E-state index in [-0.39, 0.29) is 6.04 Å². The molecule has 0 amide bonds. The molecular formula is C25H24N6. The highest BCUT2D eigenvalue weighted by atomic mass is 15.3. The van der Waals surface area contributed by atoms with Gasteiger partial charge in [-0.15, -0.1) is 0 Å². The fourth-order valence-electron chi connectivity index (χ4n) is 4.24. The van der Waals surface area contributed by atoms with Crippen molar-refractivity contribution in [2.45, 2.75) is 33.2 Å². The lowest BCUT2D eigenvalue weighted by Crippen LogP contribution is -2.13. The monoisotopic (exact) mass is 408 g/mol. The maximum Gasteiger partial charge on any atom is 0.164 e. The minimum absolute atomic E-state index is 0.142. The molecule has 1 unspecified atom stereocenters. The highest BCUT2D eigenvalue weighted by molar-refractivity contribution is 5.89. The Balaban J connectivity index is 1.79. The summed E-state index contributed by atoms with van der Waals surface area (Å²) < 4.78 is 1.94. The average Bonchev–Trinajstić information content (AvgIpc) is 3.18. The van der Waals surface area contributed by atoms with Crippen molar-refractivity contribution in [1.29, 1.82) is 0 Å². The summed E-state index contributed by atoms with van der Waals surface area (Å²) in [6.07, 6.45) is 2.25. The van der Waals surface area contributed by atoms with Crippen molar-refractivity contribution in [3.8, 4) is 11.1 Å². The molecule has 0 saturated heterocycles. The molecule has 3 aromatic heterocycles. The zero-order chi connectivity index (χ0) is 21.5. The molecule has 0 aliphatic rings. The molecule has 0 radical (unpaired) electrons. The van der Waals surface area contributed by atoms with Gasteiger partial charge in [-0.25, -0.2) is 19.6 Å². The van der Waals surface area contributed by atoms with Crippen LogP contribution in [0.25, 0.3) is 33.1 Å². The van der Waals surface area contributed by atoms with E-state index in [4.69, 9.17) is 15.8 Å². The SMILES string of the molecule is CCc1nn(C(C)c2nc3ccccc3cc2-c2ccccc2C)c2ncnc(N)c12. The summed E-state index contributed by atoms with van der Waals surface area (Å²) >= 11 is 0. The number of rotatable bonds is 4. The predicted molar refractivity (Wildman–Crippen MR) is 125 cm³/mol. The number of hydrogen-bond donors (Lipinski definition) is 1. The van der Waals surface area contributed by atoms with Crippen LogP contribution in [0.5, 0.6) is 0 Å². The van der Waals surface area contributed by atoms with Crippen LogP contribution in [-0.4, -0.2) is 24.7 Å². The number of nitrogens with zero attached hydrogens (tertiary/aromatic N) is 5. The Hall–Kier alpha value is -3.80. The molecule has 0 fully saturated rings. The van der Waals surface area contributed by atoms with E-state index in [0.717, 1.165) is 45.3 Å². The number of hydrogen-bond acceptors (Lipinski definition) is 5. The molecule has 3 heterocycles. The van der Waals surface area contributed by atoms with Crippen molar-refractivity contribution in [3.63, 3.8) is 0 Å². The third kappa shape index (κ3) is 3.11. The van der Waals surface area contributed by atoms with E-state index >= 15 is 0 Å². The van der Waals surface area contributed by atoms with Gasteiger partial charge >= 0.3 is 0 Å². The van der Waals surface area contributed by atoms with Gasteiger partial charge in [-0.1, -0.05) is 49.4 Å². The zero-order valence-electron chi connectivity index (χ0n) is 17.9. The van der Waals surface area contributed by atoms with Gasteiger partial charge in [0.2, 0.25) is 0 Å². The second kappa shape index (κ2) is 7.47. The van der Waals surface area contributed by atoms with Crippen molar-refractivity contribution in [1.82, 2.24) is 24.7 Å². The number of benzene rings is 2. The van der Waals surface area contributed by atoms with E-state index in [9.17, 15) is 0 Å². The van der Waals surface area contributed by atoms with Gasteiger partial charge in [-0.3, -0.25) is 0 Å². The largest absolute Gasteiger partial charge is 0.383 e. The molecule has 2 N–H and O–H groups in total. The third-order valence-corrected chi connectivity index (χ3v) is 5.88. The lowest BCUT2D eigenvalue weighted by Gasteiger charge is -2.19. The smallest absolute Gasteiger partial charge is 0.164 e. The molecule has 2 aromatic carbocycles. The van der Waals surface area contributed by atoms with Crippen molar-refractivity contribution >= 4 is 27.8 Å². The fourth-order valence-corrected chi connectivity index (χ4v) is 4.24. The van der Waals surface area contributed by atoms with Crippen LogP contribution in [0.15, 0.2) is 60.9 Å². The number of fused-ring (bicyclic) bond motifs is 2. The lowest BCUT2D eigenvalue weighted by molar-refractivity contribution is 0.561. The second-order valence-electron chi connectivity index (χ2n) is 7.81. The van der Waals surface area contributed by atoms with Gasteiger partial charge in [0.15, 0.2) is 5.65 Å². The fraction of sp³-hybridized carbons (Fsp3) is 0.200.